The Hall–Kier alpha value is -3.38. The van der Waals surface area contributed by atoms with E-state index in [9.17, 15) is 14.7 Å². The fraction of sp³-hybridized carbons (Fsp3) is 0.400. The molecule has 2 fully saturated rings. The van der Waals surface area contributed by atoms with Crippen LogP contribution in [-0.4, -0.2) is 38.9 Å². The Balaban J connectivity index is 0.000000445. The molecular formula is C30H36N2O4. The number of carbonyl (C=O) groups is 1. The number of ether oxygens (including phenoxy) is 1. The number of rotatable bonds is 6. The average Bonchev–Trinajstić information content (AvgIpc) is 3.70. The highest BCUT2D eigenvalue weighted by Crippen LogP contribution is 2.34. The lowest BCUT2D eigenvalue weighted by Crippen LogP contribution is -2.45. The lowest BCUT2D eigenvalue weighted by molar-refractivity contribution is -0.0309. The first kappa shape index (κ1) is 25.7. The normalized spacial score (nSPS) is 18.6. The largest absolute Gasteiger partial charge is 0.446 e. The fourth-order valence-electron chi connectivity index (χ4n) is 4.53. The van der Waals surface area contributed by atoms with Gasteiger partial charge in [-0.1, -0.05) is 60.7 Å². The first-order valence-corrected chi connectivity index (χ1v) is 12.7. The zero-order valence-electron chi connectivity index (χ0n) is 21.3. The number of aliphatic hydroxyl groups is 1. The zero-order valence-corrected chi connectivity index (χ0v) is 21.3. The van der Waals surface area contributed by atoms with E-state index in [4.69, 9.17) is 4.74 Å². The number of hydrogen-bond donors (Lipinski definition) is 1. The first-order valence-electron chi connectivity index (χ1n) is 12.7. The lowest BCUT2D eigenvalue weighted by Gasteiger charge is -2.37. The van der Waals surface area contributed by atoms with E-state index in [2.05, 4.69) is 0 Å². The van der Waals surface area contributed by atoms with E-state index in [1.54, 1.807) is 24.8 Å². The van der Waals surface area contributed by atoms with E-state index in [1.165, 1.54) is 0 Å². The van der Waals surface area contributed by atoms with Crippen LogP contribution in [0.3, 0.4) is 0 Å². The maximum absolute atomic E-state index is 12.5. The molecule has 1 N–H and O–H groups in total. The predicted octanol–water partition coefficient (Wildman–Crippen LogP) is 5.97. The number of cyclic esters (lactones) is 1. The van der Waals surface area contributed by atoms with Gasteiger partial charge in [-0.15, -0.1) is 0 Å². The molecule has 6 nitrogen and oxygen atoms in total. The van der Waals surface area contributed by atoms with Gasteiger partial charge in [-0.3, -0.25) is 4.79 Å². The second kappa shape index (κ2) is 11.1. The summed E-state index contributed by atoms with van der Waals surface area (Å²) in [6.07, 6.45) is 4.67. The number of hydrogen-bond acceptors (Lipinski definition) is 4. The van der Waals surface area contributed by atoms with E-state index >= 15 is 0 Å². The average molecular weight is 489 g/mol. The van der Waals surface area contributed by atoms with Gasteiger partial charge in [0.15, 0.2) is 0 Å². The van der Waals surface area contributed by atoms with Gasteiger partial charge in [-0.05, 0) is 56.4 Å². The molecule has 2 aromatic carbocycles. The summed E-state index contributed by atoms with van der Waals surface area (Å²) in [5, 5.41) is 9.97. The molecular weight excluding hydrogens is 452 g/mol. The number of nitrogens with zero attached hydrogens (tertiary/aromatic N) is 2. The van der Waals surface area contributed by atoms with E-state index in [1.807, 2.05) is 84.4 Å². The van der Waals surface area contributed by atoms with Crippen LogP contribution in [0.1, 0.15) is 64.1 Å². The molecule has 2 heterocycles. The highest BCUT2D eigenvalue weighted by atomic mass is 16.6. The van der Waals surface area contributed by atoms with Crippen molar-refractivity contribution < 1.29 is 14.6 Å². The van der Waals surface area contributed by atoms with Gasteiger partial charge >= 0.3 is 6.09 Å². The minimum Gasteiger partial charge on any atom is -0.446 e. The van der Waals surface area contributed by atoms with Crippen molar-refractivity contribution in [2.24, 2.45) is 0 Å². The zero-order chi connectivity index (χ0) is 25.7. The molecule has 36 heavy (non-hydrogen) atoms. The second-order valence-electron chi connectivity index (χ2n) is 10.4. The molecule has 1 aliphatic carbocycles. The van der Waals surface area contributed by atoms with Gasteiger partial charge in [0.1, 0.15) is 6.10 Å². The van der Waals surface area contributed by atoms with Crippen molar-refractivity contribution in [2.45, 2.75) is 70.2 Å². The summed E-state index contributed by atoms with van der Waals surface area (Å²) in [5.74, 6) is 0. The van der Waals surface area contributed by atoms with Crippen molar-refractivity contribution in [3.8, 4) is 11.1 Å². The molecule has 1 amide bonds. The van der Waals surface area contributed by atoms with Crippen LogP contribution in [0.5, 0.6) is 0 Å². The van der Waals surface area contributed by atoms with Crippen molar-refractivity contribution in [1.29, 1.82) is 0 Å². The molecule has 3 aromatic rings. The molecule has 0 bridgehead atoms. The maximum Gasteiger partial charge on any atom is 0.410 e. The Morgan fingerprint density at radius 2 is 1.50 bits per heavy atom. The van der Waals surface area contributed by atoms with Gasteiger partial charge in [-0.25, -0.2) is 4.79 Å². The Morgan fingerprint density at radius 3 is 2.03 bits per heavy atom. The van der Waals surface area contributed by atoms with Crippen LogP contribution in [-0.2, 0) is 4.74 Å². The summed E-state index contributed by atoms with van der Waals surface area (Å²) >= 11 is 0. The van der Waals surface area contributed by atoms with Crippen molar-refractivity contribution >= 4 is 6.09 Å². The number of benzene rings is 2. The molecule has 6 heteroatoms. The number of amides is 1. The molecule has 2 aliphatic rings. The van der Waals surface area contributed by atoms with Gasteiger partial charge in [0.2, 0.25) is 0 Å². The third kappa shape index (κ3) is 6.85. The van der Waals surface area contributed by atoms with E-state index < -0.39 is 5.60 Å². The second-order valence-corrected chi connectivity index (χ2v) is 10.4. The van der Waals surface area contributed by atoms with Crippen molar-refractivity contribution in [1.82, 2.24) is 9.47 Å². The quantitative estimate of drug-likeness (QED) is 0.464. The summed E-state index contributed by atoms with van der Waals surface area (Å²) < 4.78 is 7.39. The molecule has 1 aliphatic heterocycles. The van der Waals surface area contributed by atoms with Crippen molar-refractivity contribution in [3.63, 3.8) is 0 Å². The summed E-state index contributed by atoms with van der Waals surface area (Å²) in [7, 11) is 0. The molecule has 5 rings (SSSR count). The van der Waals surface area contributed by atoms with Gasteiger partial charge < -0.3 is 19.3 Å². The summed E-state index contributed by atoms with van der Waals surface area (Å²) in [6.45, 7) is 6.07. The van der Waals surface area contributed by atoms with Gasteiger partial charge in [0.25, 0.3) is 5.56 Å². The van der Waals surface area contributed by atoms with Crippen molar-refractivity contribution in [2.75, 3.05) is 6.54 Å². The Labute approximate surface area is 213 Å². The van der Waals surface area contributed by atoms with Crippen LogP contribution < -0.4 is 5.56 Å². The molecule has 190 valence electrons. The third-order valence-electron chi connectivity index (χ3n) is 6.66. The number of carbonyl (C=O) groups excluding carboxylic acids is 1. The molecule has 1 saturated heterocycles. The highest BCUT2D eigenvalue weighted by molar-refractivity contribution is 5.69. The Bertz CT molecular complexity index is 1170. The summed E-state index contributed by atoms with van der Waals surface area (Å²) in [6, 6.07) is 23.9. The van der Waals surface area contributed by atoms with E-state index in [0.717, 1.165) is 29.5 Å². The summed E-state index contributed by atoms with van der Waals surface area (Å²) in [5.41, 5.74) is 2.31. The van der Waals surface area contributed by atoms with E-state index in [-0.39, 0.29) is 23.8 Å². The maximum atomic E-state index is 12.5. The molecule has 2 atom stereocenters. The third-order valence-corrected chi connectivity index (χ3v) is 6.66. The predicted molar refractivity (Wildman–Crippen MR) is 142 cm³/mol. The van der Waals surface area contributed by atoms with Gasteiger partial charge in [0, 0.05) is 37.7 Å². The number of pyridine rings is 1. The fourth-order valence-corrected chi connectivity index (χ4v) is 4.53. The van der Waals surface area contributed by atoms with Crippen LogP contribution in [0.25, 0.3) is 11.1 Å². The Morgan fingerprint density at radius 1 is 0.917 bits per heavy atom. The first-order chi connectivity index (χ1) is 17.2. The molecule has 1 saturated carbocycles. The summed E-state index contributed by atoms with van der Waals surface area (Å²) in [4.78, 5) is 26.3. The van der Waals surface area contributed by atoms with Crippen LogP contribution >= 0.6 is 0 Å². The number of aromatic nitrogens is 1. The van der Waals surface area contributed by atoms with Gasteiger partial charge in [-0.2, -0.15) is 0 Å². The molecule has 0 radical (unpaired) electrons. The smallest absolute Gasteiger partial charge is 0.410 e. The lowest BCUT2D eigenvalue weighted by atomic mass is 9.97. The highest BCUT2D eigenvalue weighted by Gasteiger charge is 2.33. The van der Waals surface area contributed by atoms with Crippen LogP contribution in [0.15, 0.2) is 83.8 Å². The van der Waals surface area contributed by atoms with E-state index in [0.29, 0.717) is 25.4 Å². The monoisotopic (exact) mass is 488 g/mol. The minimum atomic E-state index is -0.851. The SMILES string of the molecule is CC(c1ccc(-c2ccc(=O)n(C3CC3)c2)cc1)N1CCC(CC(C)(C)O)OC1=O.c1ccccc1. The van der Waals surface area contributed by atoms with Crippen LogP contribution in [0, 0.1) is 0 Å². The van der Waals surface area contributed by atoms with Crippen molar-refractivity contribution in [3.05, 3.63) is 94.9 Å². The standard InChI is InChI=1S/C24H30N2O4.C6H6/c1-16(25-13-12-21(30-23(25)28)14-24(2,3)29)17-4-6-18(7-5-17)19-8-11-22(27)26(15-19)20-9-10-20;1-2-4-6-5-3-1/h4-8,11,15-16,20-21,29H,9-10,12-14H2,1-3H3;1-6H. The van der Waals surface area contributed by atoms with Crippen LogP contribution in [0.4, 0.5) is 4.79 Å². The van der Waals surface area contributed by atoms with Gasteiger partial charge in [0.05, 0.1) is 11.6 Å². The topological polar surface area (TPSA) is 71.8 Å². The molecule has 2 unspecified atom stereocenters. The molecule has 1 aromatic heterocycles. The molecule has 0 spiro atoms. The Kier molecular flexibility index (Phi) is 7.94. The van der Waals surface area contributed by atoms with Crippen LogP contribution in [0.2, 0.25) is 0 Å². The minimum absolute atomic E-state index is 0.0537.